The number of carbonyl (C=O) groups excluding carboxylic acids is 1. The summed E-state index contributed by atoms with van der Waals surface area (Å²) in [4.78, 5) is 15.3. The zero-order valence-corrected chi connectivity index (χ0v) is 10.7. The fourth-order valence-corrected chi connectivity index (χ4v) is 1.53. The van der Waals surface area contributed by atoms with Gasteiger partial charge >= 0.3 is 0 Å². The lowest BCUT2D eigenvalue weighted by atomic mass is 10.2. The summed E-state index contributed by atoms with van der Waals surface area (Å²) in [6.45, 7) is 3.81. The van der Waals surface area contributed by atoms with Crippen LogP contribution in [0.5, 0.6) is 0 Å². The number of aromatic nitrogens is 2. The van der Waals surface area contributed by atoms with Gasteiger partial charge in [-0.1, -0.05) is 0 Å². The van der Waals surface area contributed by atoms with Gasteiger partial charge in [-0.25, -0.2) is 4.98 Å². The molecule has 5 nitrogen and oxygen atoms in total. The fraction of sp³-hybridized carbons (Fsp3) is 0.200. The number of nitrogens with zero attached hydrogens (tertiary/aromatic N) is 2. The van der Waals surface area contributed by atoms with Crippen molar-refractivity contribution < 1.29 is 4.79 Å². The molecule has 0 fully saturated rings. The molecule has 86 valence electrons. The van der Waals surface area contributed by atoms with Crippen molar-refractivity contribution in [2.75, 3.05) is 5.73 Å². The van der Waals surface area contributed by atoms with Crippen molar-refractivity contribution in [3.05, 3.63) is 29.2 Å². The number of anilines is 1. The minimum Gasteiger partial charge on any atom is -0.396 e. The van der Waals surface area contributed by atoms with Crippen LogP contribution in [0, 0.1) is 13.8 Å². The summed E-state index contributed by atoms with van der Waals surface area (Å²) in [5.41, 5.74) is 14.4. The third-order valence-electron chi connectivity index (χ3n) is 2.51. The first kappa shape index (κ1) is 12.5. The molecule has 1 amide bonds. The highest BCUT2D eigenvalue weighted by atomic mass is 79.9. The smallest absolute Gasteiger partial charge is 0.250 e. The van der Waals surface area contributed by atoms with E-state index >= 15 is 0 Å². The lowest BCUT2D eigenvalue weighted by Gasteiger charge is -2.02. The van der Waals surface area contributed by atoms with Gasteiger partial charge in [0.15, 0.2) is 5.65 Å². The predicted molar refractivity (Wildman–Crippen MR) is 67.9 cm³/mol. The summed E-state index contributed by atoms with van der Waals surface area (Å²) < 4.78 is 1.78. The Hall–Kier alpha value is -1.56. The van der Waals surface area contributed by atoms with Gasteiger partial charge in [0.25, 0.3) is 0 Å². The fourth-order valence-electron chi connectivity index (χ4n) is 1.53. The molecule has 0 aliphatic heterocycles. The number of imidazole rings is 1. The number of fused-ring (bicyclic) bond motifs is 1. The zero-order valence-electron chi connectivity index (χ0n) is 9.02. The first-order valence-corrected chi connectivity index (χ1v) is 4.55. The molecule has 2 rings (SSSR count). The Morgan fingerprint density at radius 2 is 2.06 bits per heavy atom. The van der Waals surface area contributed by atoms with Crippen molar-refractivity contribution in [2.45, 2.75) is 13.8 Å². The molecule has 0 bridgehead atoms. The van der Waals surface area contributed by atoms with Gasteiger partial charge in [-0.05, 0) is 19.9 Å². The number of hydrogen-bond donors (Lipinski definition) is 2. The number of pyridine rings is 1. The van der Waals surface area contributed by atoms with Crippen molar-refractivity contribution in [1.29, 1.82) is 0 Å². The number of hydrogen-bond acceptors (Lipinski definition) is 3. The lowest BCUT2D eigenvalue weighted by Crippen LogP contribution is -2.12. The number of rotatable bonds is 1. The molecule has 0 saturated carbocycles. The molecule has 0 aliphatic carbocycles. The summed E-state index contributed by atoms with van der Waals surface area (Å²) in [6, 6.07) is 1.55. The van der Waals surface area contributed by atoms with E-state index in [9.17, 15) is 4.79 Å². The highest BCUT2D eigenvalue weighted by molar-refractivity contribution is 8.93. The van der Waals surface area contributed by atoms with Gasteiger partial charge in [0.1, 0.15) is 0 Å². The molecule has 0 atom stereocenters. The molecule has 0 aliphatic rings. The number of carbonyl (C=O) groups is 1. The number of amides is 1. The van der Waals surface area contributed by atoms with Gasteiger partial charge in [0.05, 0.1) is 16.9 Å². The number of primary amides is 1. The Bertz CT molecular complexity index is 561. The molecule has 4 N–H and O–H groups in total. The molecule has 0 saturated heterocycles. The van der Waals surface area contributed by atoms with Gasteiger partial charge in [-0.3, -0.25) is 4.79 Å². The summed E-state index contributed by atoms with van der Waals surface area (Å²) in [5.74, 6) is -0.491. The number of halogens is 1. The normalized spacial score (nSPS) is 10.1. The van der Waals surface area contributed by atoms with Gasteiger partial charge in [-0.2, -0.15) is 0 Å². The Balaban J connectivity index is 0.00000128. The second-order valence-electron chi connectivity index (χ2n) is 3.52. The monoisotopic (exact) mass is 284 g/mol. The van der Waals surface area contributed by atoms with Gasteiger partial charge in [-0.15, -0.1) is 17.0 Å². The number of aryl methyl sites for hydroxylation is 2. The van der Waals surface area contributed by atoms with Crippen LogP contribution in [0.2, 0.25) is 0 Å². The molecule has 0 radical (unpaired) electrons. The Labute approximate surface area is 103 Å². The van der Waals surface area contributed by atoms with E-state index in [1.807, 2.05) is 13.8 Å². The summed E-state index contributed by atoms with van der Waals surface area (Å²) in [6.07, 6.45) is 1.66. The third-order valence-corrected chi connectivity index (χ3v) is 2.51. The highest BCUT2D eigenvalue weighted by Crippen LogP contribution is 2.18. The van der Waals surface area contributed by atoms with Crippen LogP contribution in [0.25, 0.3) is 5.65 Å². The van der Waals surface area contributed by atoms with E-state index < -0.39 is 5.91 Å². The van der Waals surface area contributed by atoms with Crippen LogP contribution in [0.4, 0.5) is 5.69 Å². The summed E-state index contributed by atoms with van der Waals surface area (Å²) in [7, 11) is 0. The van der Waals surface area contributed by atoms with Crippen LogP contribution in [0.15, 0.2) is 12.3 Å². The van der Waals surface area contributed by atoms with Crippen LogP contribution in [0.1, 0.15) is 21.7 Å². The average Bonchev–Trinajstić information content (AvgIpc) is 2.45. The first-order valence-electron chi connectivity index (χ1n) is 4.55. The van der Waals surface area contributed by atoms with Crippen LogP contribution >= 0.6 is 17.0 Å². The standard InChI is InChI=1S/C10H12N4O.BrH/c1-5-6(2)14-4-7(9(12)15)3-8(11)10(14)13-5;/h3-4H,11H2,1-2H3,(H2,12,15);1H. The second kappa shape index (κ2) is 4.13. The van der Waals surface area contributed by atoms with Gasteiger partial charge < -0.3 is 15.9 Å². The molecule has 2 aromatic heterocycles. The molecule has 16 heavy (non-hydrogen) atoms. The van der Waals surface area contributed by atoms with Crippen molar-refractivity contribution in [3.8, 4) is 0 Å². The SMILES string of the molecule is Br.Cc1nc2c(N)cc(C(N)=O)cn2c1C. The Morgan fingerprint density at radius 3 is 2.62 bits per heavy atom. The largest absolute Gasteiger partial charge is 0.396 e. The maximum atomic E-state index is 11.0. The van der Waals surface area contributed by atoms with Gasteiger partial charge in [0.2, 0.25) is 5.91 Å². The van der Waals surface area contributed by atoms with E-state index in [1.54, 1.807) is 16.7 Å². The number of nitrogen functional groups attached to an aromatic ring is 1. The maximum absolute atomic E-state index is 11.0. The molecule has 0 spiro atoms. The molecule has 2 heterocycles. The number of nitrogens with two attached hydrogens (primary N) is 2. The Morgan fingerprint density at radius 1 is 1.44 bits per heavy atom. The van der Waals surface area contributed by atoms with Crippen LogP contribution in [-0.2, 0) is 0 Å². The molecule has 6 heteroatoms. The second-order valence-corrected chi connectivity index (χ2v) is 3.52. The molecule has 0 unspecified atom stereocenters. The summed E-state index contributed by atoms with van der Waals surface area (Å²) >= 11 is 0. The quantitative estimate of drug-likeness (QED) is 0.825. The van der Waals surface area contributed by atoms with E-state index in [-0.39, 0.29) is 17.0 Å². The zero-order chi connectivity index (χ0) is 11.2. The highest BCUT2D eigenvalue weighted by Gasteiger charge is 2.10. The lowest BCUT2D eigenvalue weighted by molar-refractivity contribution is 0.1000. The van der Waals surface area contributed by atoms with Gasteiger partial charge in [0, 0.05) is 11.9 Å². The van der Waals surface area contributed by atoms with E-state index in [4.69, 9.17) is 11.5 Å². The molecular formula is C10H13BrN4O. The van der Waals surface area contributed by atoms with Crippen molar-refractivity contribution >= 4 is 34.2 Å². The van der Waals surface area contributed by atoms with Crippen LogP contribution in [-0.4, -0.2) is 15.3 Å². The van der Waals surface area contributed by atoms with E-state index in [1.165, 1.54) is 0 Å². The third kappa shape index (κ3) is 1.76. The molecule has 0 aromatic carbocycles. The Kier molecular flexibility index (Phi) is 3.23. The molecule has 2 aromatic rings. The van der Waals surface area contributed by atoms with Crippen LogP contribution in [0.3, 0.4) is 0 Å². The predicted octanol–water partition coefficient (Wildman–Crippen LogP) is 1.21. The average molecular weight is 285 g/mol. The van der Waals surface area contributed by atoms with E-state index in [0.29, 0.717) is 16.9 Å². The molecular weight excluding hydrogens is 272 g/mol. The van der Waals surface area contributed by atoms with E-state index in [2.05, 4.69) is 4.98 Å². The van der Waals surface area contributed by atoms with Crippen molar-refractivity contribution in [1.82, 2.24) is 9.38 Å². The minimum absolute atomic E-state index is 0. The van der Waals surface area contributed by atoms with Crippen molar-refractivity contribution in [2.24, 2.45) is 5.73 Å². The minimum atomic E-state index is -0.491. The summed E-state index contributed by atoms with van der Waals surface area (Å²) in [5, 5.41) is 0. The first-order chi connectivity index (χ1) is 7.00. The van der Waals surface area contributed by atoms with Crippen LogP contribution < -0.4 is 11.5 Å². The topological polar surface area (TPSA) is 86.4 Å². The van der Waals surface area contributed by atoms with Crippen molar-refractivity contribution in [3.63, 3.8) is 0 Å². The maximum Gasteiger partial charge on any atom is 0.250 e. The van der Waals surface area contributed by atoms with E-state index in [0.717, 1.165) is 11.4 Å².